The standard InChI is InChI=1S/C18H25N5S/c1-12-6-5-8-15(13(12)2)23-10-19-17(20-11-23)22-18-21-14-7-3-4-9-16(14)24-18/h3-4,7,9,12-13,15H,5-6,8,10-11H2,1-2H3,(H2,19,20,21,22)/p+2/t12-,13-,15+/m1/s1. The van der Waals surface area contributed by atoms with Crippen LogP contribution in [0.1, 0.15) is 33.1 Å². The molecule has 4 atom stereocenters. The van der Waals surface area contributed by atoms with Crippen molar-refractivity contribution in [2.45, 2.75) is 39.2 Å². The predicted octanol–water partition coefficient (Wildman–Crippen LogP) is 0.373. The fourth-order valence-corrected chi connectivity index (χ4v) is 4.94. The van der Waals surface area contributed by atoms with Gasteiger partial charge in [-0.3, -0.25) is 4.90 Å². The van der Waals surface area contributed by atoms with Gasteiger partial charge in [0.2, 0.25) is 0 Å². The summed E-state index contributed by atoms with van der Waals surface area (Å²) < 4.78 is 1.22. The Morgan fingerprint density at radius 2 is 2.17 bits per heavy atom. The van der Waals surface area contributed by atoms with Gasteiger partial charge in [-0.25, -0.2) is 20.6 Å². The van der Waals surface area contributed by atoms with Gasteiger partial charge in [0.25, 0.3) is 5.13 Å². The van der Waals surface area contributed by atoms with E-state index in [4.69, 9.17) is 0 Å². The summed E-state index contributed by atoms with van der Waals surface area (Å²) in [5.74, 6) is 2.63. The third-order valence-corrected chi connectivity index (χ3v) is 6.69. The zero-order valence-electron chi connectivity index (χ0n) is 14.4. The second-order valence-corrected chi connectivity index (χ2v) is 8.26. The van der Waals surface area contributed by atoms with Gasteiger partial charge in [0.1, 0.15) is 0 Å². The van der Waals surface area contributed by atoms with E-state index in [0.717, 1.165) is 47.8 Å². The van der Waals surface area contributed by atoms with Crippen molar-refractivity contribution < 1.29 is 9.89 Å². The molecule has 1 unspecified atom stereocenters. The molecule has 1 aliphatic carbocycles. The molecule has 1 aromatic carbocycles. The molecule has 2 aliphatic rings. The molecule has 1 aliphatic heterocycles. The Morgan fingerprint density at radius 1 is 1.29 bits per heavy atom. The molecule has 4 N–H and O–H groups in total. The molecule has 0 bridgehead atoms. The zero-order valence-corrected chi connectivity index (χ0v) is 15.2. The maximum atomic E-state index is 4.64. The summed E-state index contributed by atoms with van der Waals surface area (Å²) in [6.45, 7) is 6.79. The van der Waals surface area contributed by atoms with E-state index in [1.54, 1.807) is 16.2 Å². The van der Waals surface area contributed by atoms with Crippen molar-refractivity contribution in [3.8, 4) is 0 Å². The van der Waals surface area contributed by atoms with Crippen molar-refractivity contribution in [1.29, 1.82) is 0 Å². The number of benzene rings is 1. The van der Waals surface area contributed by atoms with Crippen molar-refractivity contribution in [2.75, 3.05) is 18.7 Å². The lowest BCUT2D eigenvalue weighted by atomic mass is 9.77. The number of hydrogen-bond donors (Lipinski definition) is 4. The Labute approximate surface area is 147 Å². The maximum Gasteiger partial charge on any atom is 0.359 e. The number of quaternary nitrogens is 1. The molecule has 0 radical (unpaired) electrons. The Balaban J connectivity index is 1.41. The van der Waals surface area contributed by atoms with Gasteiger partial charge in [0.15, 0.2) is 13.3 Å². The Hall–Kier alpha value is -1.66. The summed E-state index contributed by atoms with van der Waals surface area (Å²) in [6, 6.07) is 9.02. The summed E-state index contributed by atoms with van der Waals surface area (Å²) in [5.41, 5.74) is 1.05. The van der Waals surface area contributed by atoms with Gasteiger partial charge in [-0.2, -0.15) is 0 Å². The Bertz CT molecular complexity index is 707. The first-order valence-corrected chi connectivity index (χ1v) is 9.84. The van der Waals surface area contributed by atoms with E-state index in [1.807, 2.05) is 6.07 Å². The van der Waals surface area contributed by atoms with E-state index in [0.29, 0.717) is 0 Å². The molecular formula is C18H27N5S+2. The molecule has 1 saturated carbocycles. The third kappa shape index (κ3) is 3.13. The highest BCUT2D eigenvalue weighted by atomic mass is 32.1. The molecule has 2 aromatic rings. The minimum Gasteiger partial charge on any atom is -0.274 e. The number of thiazole rings is 1. The summed E-state index contributed by atoms with van der Waals surface area (Å²) in [4.78, 5) is 9.78. The second-order valence-electron chi connectivity index (χ2n) is 7.23. The zero-order chi connectivity index (χ0) is 16.5. The first kappa shape index (κ1) is 15.8. The van der Waals surface area contributed by atoms with Crippen molar-refractivity contribution in [3.05, 3.63) is 24.3 Å². The number of guanidine groups is 1. The van der Waals surface area contributed by atoms with Gasteiger partial charge >= 0.3 is 5.96 Å². The molecule has 1 fully saturated rings. The number of fused-ring (bicyclic) bond motifs is 1. The van der Waals surface area contributed by atoms with E-state index >= 15 is 0 Å². The SMILES string of the molecule is C[C@@H]1[C@H](C)CCC[C@@H]1[NH+]1CNC(Nc2nc3ccccc3s2)=[NH+]C1. The van der Waals surface area contributed by atoms with E-state index < -0.39 is 0 Å². The topological polar surface area (TPSA) is 55.4 Å². The highest BCUT2D eigenvalue weighted by Gasteiger charge is 2.36. The summed E-state index contributed by atoms with van der Waals surface area (Å²) in [7, 11) is 0. The number of aromatic nitrogens is 1. The normalized spacial score (nSPS) is 30.7. The Morgan fingerprint density at radius 3 is 2.96 bits per heavy atom. The van der Waals surface area contributed by atoms with Gasteiger partial charge < -0.3 is 0 Å². The van der Waals surface area contributed by atoms with Crippen LogP contribution in [0, 0.1) is 11.8 Å². The fourth-order valence-electron chi connectivity index (χ4n) is 4.07. The van der Waals surface area contributed by atoms with E-state index in [9.17, 15) is 0 Å². The molecule has 0 saturated heterocycles. The smallest absolute Gasteiger partial charge is 0.274 e. The van der Waals surface area contributed by atoms with Gasteiger partial charge in [0, 0.05) is 5.92 Å². The largest absolute Gasteiger partial charge is 0.359 e. The van der Waals surface area contributed by atoms with Crippen LogP contribution in [0.25, 0.3) is 10.2 Å². The lowest BCUT2D eigenvalue weighted by molar-refractivity contribution is -1.00. The van der Waals surface area contributed by atoms with E-state index in [1.165, 1.54) is 24.0 Å². The molecule has 24 heavy (non-hydrogen) atoms. The average molecular weight is 346 g/mol. The minimum atomic E-state index is 0.762. The molecule has 0 amide bonds. The molecule has 0 spiro atoms. The summed E-state index contributed by atoms with van der Waals surface area (Å²) in [5, 5.41) is 7.86. The summed E-state index contributed by atoms with van der Waals surface area (Å²) in [6.07, 6.45) is 4.12. The predicted molar refractivity (Wildman–Crippen MR) is 99.0 cm³/mol. The van der Waals surface area contributed by atoms with Crippen LogP contribution in [0.5, 0.6) is 0 Å². The van der Waals surface area contributed by atoms with Crippen LogP contribution in [0.3, 0.4) is 0 Å². The van der Waals surface area contributed by atoms with E-state index in [-0.39, 0.29) is 0 Å². The minimum absolute atomic E-state index is 0.762. The van der Waals surface area contributed by atoms with Gasteiger partial charge in [-0.1, -0.05) is 37.3 Å². The monoisotopic (exact) mass is 345 g/mol. The molecule has 5 nitrogen and oxygen atoms in total. The van der Waals surface area contributed by atoms with Crippen molar-refractivity contribution in [1.82, 2.24) is 10.3 Å². The lowest BCUT2D eigenvalue weighted by Crippen LogP contribution is -3.27. The number of nitrogens with zero attached hydrogens (tertiary/aromatic N) is 1. The summed E-state index contributed by atoms with van der Waals surface area (Å²) >= 11 is 1.69. The van der Waals surface area contributed by atoms with Gasteiger partial charge in [-0.15, -0.1) is 0 Å². The van der Waals surface area contributed by atoms with Crippen molar-refractivity contribution in [3.63, 3.8) is 0 Å². The van der Waals surface area contributed by atoms with Crippen LogP contribution >= 0.6 is 11.3 Å². The molecule has 128 valence electrons. The quantitative estimate of drug-likeness (QED) is 0.636. The number of para-hydroxylation sites is 1. The number of hydrogen-bond acceptors (Lipinski definition) is 4. The van der Waals surface area contributed by atoms with Crippen LogP contribution < -0.4 is 20.5 Å². The molecule has 4 rings (SSSR count). The lowest BCUT2D eigenvalue weighted by Gasteiger charge is -2.38. The first-order chi connectivity index (χ1) is 11.7. The highest BCUT2D eigenvalue weighted by Crippen LogP contribution is 2.28. The van der Waals surface area contributed by atoms with Crippen LogP contribution in [-0.2, 0) is 0 Å². The maximum absolute atomic E-state index is 4.64. The molecule has 1 aromatic heterocycles. The van der Waals surface area contributed by atoms with Crippen LogP contribution in [0.4, 0.5) is 5.13 Å². The van der Waals surface area contributed by atoms with Gasteiger partial charge in [-0.05, 0) is 37.3 Å². The molecular weight excluding hydrogens is 318 g/mol. The first-order valence-electron chi connectivity index (χ1n) is 9.02. The molecule has 6 heteroatoms. The highest BCUT2D eigenvalue weighted by molar-refractivity contribution is 7.22. The van der Waals surface area contributed by atoms with Gasteiger partial charge in [0.05, 0.1) is 16.3 Å². The van der Waals surface area contributed by atoms with Crippen LogP contribution in [0.2, 0.25) is 0 Å². The second kappa shape index (κ2) is 6.69. The molecule has 2 heterocycles. The van der Waals surface area contributed by atoms with Crippen molar-refractivity contribution in [2.24, 2.45) is 11.8 Å². The van der Waals surface area contributed by atoms with Crippen LogP contribution in [-0.4, -0.2) is 30.3 Å². The Kier molecular flexibility index (Phi) is 4.41. The number of anilines is 1. The fraction of sp³-hybridized carbons (Fsp3) is 0.556. The number of nitrogens with one attached hydrogen (secondary N) is 4. The van der Waals surface area contributed by atoms with E-state index in [2.05, 4.69) is 52.7 Å². The number of rotatable bonds is 2. The van der Waals surface area contributed by atoms with Crippen LogP contribution in [0.15, 0.2) is 24.3 Å². The average Bonchev–Trinajstić information content (AvgIpc) is 3.00. The van der Waals surface area contributed by atoms with Crippen molar-refractivity contribution >= 4 is 32.6 Å². The third-order valence-electron chi connectivity index (χ3n) is 5.74.